The first-order valence-corrected chi connectivity index (χ1v) is 15.1. The number of carbonyl (C=O) groups is 1. The highest BCUT2D eigenvalue weighted by molar-refractivity contribution is 6.05. The fourth-order valence-electron chi connectivity index (χ4n) is 7.19. The molecule has 1 spiro atoms. The summed E-state index contributed by atoms with van der Waals surface area (Å²) in [6.07, 6.45) is 9.74. The number of hydrogen-bond acceptors (Lipinski definition) is 7. The fraction of sp³-hybridized carbons (Fsp3) is 0.485. The van der Waals surface area contributed by atoms with Gasteiger partial charge in [0.2, 0.25) is 5.91 Å². The normalized spacial score (nSPS) is 23.5. The van der Waals surface area contributed by atoms with Gasteiger partial charge >= 0.3 is 0 Å². The van der Waals surface area contributed by atoms with E-state index in [9.17, 15) is 9.18 Å². The van der Waals surface area contributed by atoms with E-state index in [1.807, 2.05) is 13.8 Å². The summed E-state index contributed by atoms with van der Waals surface area (Å²) in [6, 6.07) is 10.8. The number of halogens is 1. The fourth-order valence-corrected chi connectivity index (χ4v) is 7.19. The zero-order valence-electron chi connectivity index (χ0n) is 24.4. The van der Waals surface area contributed by atoms with Crippen LogP contribution in [0.25, 0.3) is 0 Å². The van der Waals surface area contributed by atoms with E-state index in [2.05, 4.69) is 43.3 Å². The zero-order valence-corrected chi connectivity index (χ0v) is 24.4. The van der Waals surface area contributed by atoms with Gasteiger partial charge in [-0.3, -0.25) is 9.69 Å². The lowest BCUT2D eigenvalue weighted by Crippen LogP contribution is -2.31. The van der Waals surface area contributed by atoms with Crippen LogP contribution in [-0.4, -0.2) is 53.1 Å². The summed E-state index contributed by atoms with van der Waals surface area (Å²) < 4.78 is 26.6. The highest BCUT2D eigenvalue weighted by Crippen LogP contribution is 2.45. The number of amides is 1. The molecular weight excluding hydrogens is 533 g/mol. The average molecular weight is 572 g/mol. The molecule has 2 aromatic carbocycles. The van der Waals surface area contributed by atoms with Crippen molar-refractivity contribution in [2.24, 2.45) is 5.41 Å². The van der Waals surface area contributed by atoms with Crippen molar-refractivity contribution in [2.45, 2.75) is 70.4 Å². The van der Waals surface area contributed by atoms with E-state index in [4.69, 9.17) is 9.47 Å². The Labute approximate surface area is 246 Å². The summed E-state index contributed by atoms with van der Waals surface area (Å²) in [5, 5.41) is 3.06. The molecule has 1 N–H and O–H groups in total. The van der Waals surface area contributed by atoms with E-state index in [0.29, 0.717) is 17.2 Å². The molecule has 3 aliphatic heterocycles. The molecule has 3 fully saturated rings. The van der Waals surface area contributed by atoms with E-state index in [1.54, 1.807) is 18.6 Å². The molecule has 9 heteroatoms. The van der Waals surface area contributed by atoms with Gasteiger partial charge in [0, 0.05) is 43.3 Å². The lowest BCUT2D eigenvalue weighted by atomic mass is 9.86. The molecular formula is C33H38FN5O3. The molecule has 42 heavy (non-hydrogen) atoms. The molecule has 4 aliphatic rings. The number of nitrogens with one attached hydrogen (secondary N) is 1. The zero-order chi connectivity index (χ0) is 28.9. The van der Waals surface area contributed by atoms with Crippen LogP contribution in [-0.2, 0) is 16.8 Å². The third kappa shape index (κ3) is 5.08. The topological polar surface area (TPSA) is 79.8 Å². The maximum Gasteiger partial charge on any atom is 0.234 e. The lowest BCUT2D eigenvalue weighted by Gasteiger charge is -2.26. The first-order valence-electron chi connectivity index (χ1n) is 15.1. The largest absolute Gasteiger partial charge is 0.486 e. The Balaban J connectivity index is 1.03. The van der Waals surface area contributed by atoms with Crippen LogP contribution < -0.4 is 19.7 Å². The summed E-state index contributed by atoms with van der Waals surface area (Å²) in [6.45, 7) is 8.63. The van der Waals surface area contributed by atoms with Gasteiger partial charge in [-0.1, -0.05) is 12.1 Å². The van der Waals surface area contributed by atoms with Crippen molar-refractivity contribution < 1.29 is 18.7 Å². The van der Waals surface area contributed by atoms with Gasteiger partial charge in [-0.2, -0.15) is 0 Å². The van der Waals surface area contributed by atoms with Gasteiger partial charge in [-0.05, 0) is 88.2 Å². The minimum absolute atomic E-state index is 0.0610. The molecule has 1 amide bonds. The Morgan fingerprint density at radius 1 is 1.02 bits per heavy atom. The second kappa shape index (κ2) is 10.5. The monoisotopic (exact) mass is 571 g/mol. The van der Waals surface area contributed by atoms with Crippen molar-refractivity contribution in [1.82, 2.24) is 14.9 Å². The van der Waals surface area contributed by atoms with Crippen LogP contribution in [0.4, 0.5) is 15.9 Å². The smallest absolute Gasteiger partial charge is 0.234 e. The molecule has 2 saturated heterocycles. The molecule has 7 rings (SSSR count). The number of hydrogen-bond donors (Lipinski definition) is 1. The molecule has 0 bridgehead atoms. The van der Waals surface area contributed by atoms with E-state index in [1.165, 1.54) is 17.7 Å². The molecule has 0 radical (unpaired) electrons. The molecule has 4 heterocycles. The average Bonchev–Trinajstić information content (AvgIpc) is 3.76. The van der Waals surface area contributed by atoms with Crippen molar-refractivity contribution in [2.75, 3.05) is 36.4 Å². The number of fused-ring (bicyclic) bond motifs is 1. The Bertz CT molecular complexity index is 1510. The van der Waals surface area contributed by atoms with Crippen LogP contribution in [0, 0.1) is 11.2 Å². The third-order valence-electron chi connectivity index (χ3n) is 9.61. The van der Waals surface area contributed by atoms with Crippen molar-refractivity contribution in [3.63, 3.8) is 0 Å². The predicted molar refractivity (Wildman–Crippen MR) is 159 cm³/mol. The number of likely N-dealkylation sites (tertiary alicyclic amines) is 1. The minimum Gasteiger partial charge on any atom is -0.486 e. The number of benzene rings is 2. The second-order valence-electron chi connectivity index (χ2n) is 13.0. The number of aromatic nitrogens is 2. The van der Waals surface area contributed by atoms with Crippen LogP contribution in [0.3, 0.4) is 0 Å². The van der Waals surface area contributed by atoms with Crippen molar-refractivity contribution >= 4 is 17.4 Å². The maximum atomic E-state index is 14.1. The summed E-state index contributed by atoms with van der Waals surface area (Å²) in [4.78, 5) is 26.1. The lowest BCUT2D eigenvalue weighted by molar-refractivity contribution is -0.119. The SMILES string of the molecule is CC1(C)C(=O)Nc2cc(CN3CCC4(CCN(c5ncncc5Oc5ccc(F)cc5OC5CCCC5)C4)C3)ccc21. The van der Waals surface area contributed by atoms with Gasteiger partial charge in [0.15, 0.2) is 23.1 Å². The number of rotatable bonds is 7. The Kier molecular flexibility index (Phi) is 6.80. The molecule has 1 unspecified atom stereocenters. The third-order valence-corrected chi connectivity index (χ3v) is 9.61. The van der Waals surface area contributed by atoms with E-state index in [0.717, 1.165) is 88.3 Å². The first kappa shape index (κ1) is 27.1. The van der Waals surface area contributed by atoms with E-state index < -0.39 is 5.41 Å². The Morgan fingerprint density at radius 3 is 2.71 bits per heavy atom. The highest BCUT2D eigenvalue weighted by atomic mass is 19.1. The number of nitrogens with zero attached hydrogens (tertiary/aromatic N) is 4. The maximum absolute atomic E-state index is 14.1. The minimum atomic E-state index is -0.482. The molecule has 1 saturated carbocycles. The predicted octanol–water partition coefficient (Wildman–Crippen LogP) is 6.06. The first-order chi connectivity index (χ1) is 20.3. The Morgan fingerprint density at radius 2 is 1.86 bits per heavy atom. The van der Waals surface area contributed by atoms with Crippen LogP contribution in [0.1, 0.15) is 63.5 Å². The van der Waals surface area contributed by atoms with Gasteiger partial charge in [0.1, 0.15) is 12.1 Å². The van der Waals surface area contributed by atoms with E-state index in [-0.39, 0.29) is 23.2 Å². The van der Waals surface area contributed by atoms with Crippen molar-refractivity contribution in [3.8, 4) is 17.2 Å². The van der Waals surface area contributed by atoms with Gasteiger partial charge in [0.05, 0.1) is 17.7 Å². The summed E-state index contributed by atoms with van der Waals surface area (Å²) in [5.74, 6) is 1.93. The quantitative estimate of drug-likeness (QED) is 0.369. The number of anilines is 2. The highest BCUT2D eigenvalue weighted by Gasteiger charge is 2.44. The summed E-state index contributed by atoms with van der Waals surface area (Å²) in [7, 11) is 0. The second-order valence-corrected chi connectivity index (χ2v) is 13.0. The van der Waals surface area contributed by atoms with Crippen molar-refractivity contribution in [1.29, 1.82) is 0 Å². The molecule has 1 atom stereocenters. The van der Waals surface area contributed by atoms with Crippen LogP contribution in [0.2, 0.25) is 0 Å². The molecule has 3 aromatic rings. The molecule has 1 aromatic heterocycles. The van der Waals surface area contributed by atoms with E-state index >= 15 is 0 Å². The molecule has 220 valence electrons. The van der Waals surface area contributed by atoms with Gasteiger partial charge in [0.25, 0.3) is 0 Å². The molecule has 1 aliphatic carbocycles. The Hall–Kier alpha value is -3.72. The van der Waals surface area contributed by atoms with Crippen molar-refractivity contribution in [3.05, 3.63) is 65.9 Å². The van der Waals surface area contributed by atoms with Gasteiger partial charge < -0.3 is 19.7 Å². The van der Waals surface area contributed by atoms with Crippen LogP contribution in [0.5, 0.6) is 17.2 Å². The van der Waals surface area contributed by atoms with Gasteiger partial charge in [-0.25, -0.2) is 14.4 Å². The van der Waals surface area contributed by atoms with Crippen LogP contribution in [0.15, 0.2) is 48.9 Å². The van der Waals surface area contributed by atoms with Gasteiger partial charge in [-0.15, -0.1) is 0 Å². The standard InChI is InChI=1S/C33H38FN5O3/c1-32(2)25-9-7-22(15-26(25)37-31(32)40)18-38-13-11-33(19-38)12-14-39(20-33)30-29(17-35-21-36-30)42-27-10-8-23(34)16-28(27)41-24-5-3-4-6-24/h7-10,15-17,21,24H,3-6,11-14,18-20H2,1-2H3,(H,37,40). The van der Waals surface area contributed by atoms with Crippen LogP contribution >= 0.6 is 0 Å². The molecule has 8 nitrogen and oxygen atoms in total. The number of ether oxygens (including phenoxy) is 2. The summed E-state index contributed by atoms with van der Waals surface area (Å²) in [5.41, 5.74) is 2.94. The number of carbonyl (C=O) groups excluding carboxylic acids is 1. The summed E-state index contributed by atoms with van der Waals surface area (Å²) >= 11 is 0.